The average Bonchev–Trinajstić information content (AvgIpc) is 2.75. The first kappa shape index (κ1) is 28.5. The molecule has 0 aromatic carbocycles. The first-order chi connectivity index (χ1) is 15.7. The number of rotatable bonds is 10. The molecule has 1 saturated carbocycles. The molecule has 0 unspecified atom stereocenters. The maximum Gasteiger partial charge on any atom is 0.407 e. The van der Waals surface area contributed by atoms with Gasteiger partial charge in [0.1, 0.15) is 5.57 Å². The SMILES string of the molecule is COC(=O)NC(C)(C)/C=C/N/C(OCC(C)C)=C(\C=N)C(=O)NC1CCCCCCCCC1. The van der Waals surface area contributed by atoms with Gasteiger partial charge in [0.25, 0.3) is 5.91 Å². The molecular formula is C25H44N4O4. The van der Waals surface area contributed by atoms with Crippen molar-refractivity contribution in [2.45, 2.75) is 97.1 Å². The highest BCUT2D eigenvalue weighted by molar-refractivity contribution is 6.11. The second-order valence-corrected chi connectivity index (χ2v) is 9.63. The van der Waals surface area contributed by atoms with Crippen LogP contribution in [0.5, 0.6) is 0 Å². The van der Waals surface area contributed by atoms with E-state index in [1.165, 1.54) is 39.2 Å². The Morgan fingerprint density at radius 2 is 1.64 bits per heavy atom. The molecule has 1 aliphatic carbocycles. The third kappa shape index (κ3) is 12.3. The highest BCUT2D eigenvalue weighted by Gasteiger charge is 2.21. The fourth-order valence-electron chi connectivity index (χ4n) is 3.58. The number of nitrogens with one attached hydrogen (secondary N) is 4. The van der Waals surface area contributed by atoms with Crippen molar-refractivity contribution in [2.24, 2.45) is 5.92 Å². The Bertz CT molecular complexity index is 676. The minimum Gasteiger partial charge on any atom is -0.478 e. The molecule has 2 amide bonds. The van der Waals surface area contributed by atoms with Crippen LogP contribution in [0.2, 0.25) is 0 Å². The second-order valence-electron chi connectivity index (χ2n) is 9.63. The standard InChI is InChI=1S/C25H44N4O4/c1-19(2)18-33-23(27-16-15-25(3,4)29-24(31)32-5)21(17-26)22(30)28-20-13-11-9-7-6-8-10-12-14-20/h15-17,19-20,26-27H,6-14,18H2,1-5H3,(H,28,30)(H,29,31)/b16-15+,23-21-,26-17?. The number of ether oxygens (including phenoxy) is 2. The van der Waals surface area contributed by atoms with Crippen LogP contribution in [0, 0.1) is 11.3 Å². The van der Waals surface area contributed by atoms with Gasteiger partial charge in [-0.3, -0.25) is 4.79 Å². The highest BCUT2D eigenvalue weighted by Crippen LogP contribution is 2.17. The number of methoxy groups -OCH3 is 1. The van der Waals surface area contributed by atoms with Crippen molar-refractivity contribution in [2.75, 3.05) is 13.7 Å². The Balaban J connectivity index is 2.96. The van der Waals surface area contributed by atoms with E-state index in [0.29, 0.717) is 6.61 Å². The molecule has 4 N–H and O–H groups in total. The van der Waals surface area contributed by atoms with E-state index >= 15 is 0 Å². The monoisotopic (exact) mass is 464 g/mol. The molecule has 0 atom stereocenters. The molecule has 0 aromatic heterocycles. The van der Waals surface area contributed by atoms with Gasteiger partial charge in [-0.2, -0.15) is 0 Å². The number of hydrogen-bond acceptors (Lipinski definition) is 6. The summed E-state index contributed by atoms with van der Waals surface area (Å²) in [5, 5.41) is 16.7. The molecule has 1 aliphatic rings. The normalized spacial score (nSPS) is 17.2. The molecule has 0 saturated heterocycles. The smallest absolute Gasteiger partial charge is 0.407 e. The molecule has 1 fully saturated rings. The highest BCUT2D eigenvalue weighted by atomic mass is 16.5. The Morgan fingerprint density at radius 3 is 2.15 bits per heavy atom. The lowest BCUT2D eigenvalue weighted by molar-refractivity contribution is -0.118. The lowest BCUT2D eigenvalue weighted by Crippen LogP contribution is -2.42. The average molecular weight is 465 g/mol. The zero-order valence-electron chi connectivity index (χ0n) is 21.1. The summed E-state index contributed by atoms with van der Waals surface area (Å²) < 4.78 is 10.5. The third-order valence-corrected chi connectivity index (χ3v) is 5.46. The first-order valence-corrected chi connectivity index (χ1v) is 12.2. The molecule has 0 bridgehead atoms. The summed E-state index contributed by atoms with van der Waals surface area (Å²) in [5.41, 5.74) is -0.539. The van der Waals surface area contributed by atoms with Crippen LogP contribution in [0.4, 0.5) is 4.79 Å². The van der Waals surface area contributed by atoms with Crippen molar-refractivity contribution in [3.05, 3.63) is 23.7 Å². The van der Waals surface area contributed by atoms with Crippen LogP contribution in [0.1, 0.15) is 85.5 Å². The quantitative estimate of drug-likeness (QED) is 0.211. The van der Waals surface area contributed by atoms with Crippen LogP contribution < -0.4 is 16.0 Å². The lowest BCUT2D eigenvalue weighted by Gasteiger charge is -2.22. The predicted octanol–water partition coefficient (Wildman–Crippen LogP) is 4.77. The van der Waals surface area contributed by atoms with E-state index in [1.807, 2.05) is 27.7 Å². The summed E-state index contributed by atoms with van der Waals surface area (Å²) >= 11 is 0. The molecule has 1 rings (SSSR count). The van der Waals surface area contributed by atoms with Crippen LogP contribution >= 0.6 is 0 Å². The van der Waals surface area contributed by atoms with Crippen molar-refractivity contribution >= 4 is 18.2 Å². The predicted molar refractivity (Wildman–Crippen MR) is 132 cm³/mol. The van der Waals surface area contributed by atoms with E-state index < -0.39 is 11.6 Å². The molecule has 0 radical (unpaired) electrons. The maximum absolute atomic E-state index is 13.1. The van der Waals surface area contributed by atoms with E-state index in [4.69, 9.17) is 10.1 Å². The zero-order chi connectivity index (χ0) is 24.7. The molecule has 0 aromatic rings. The largest absolute Gasteiger partial charge is 0.478 e. The Labute approximate surface area is 199 Å². The van der Waals surface area contributed by atoms with Gasteiger partial charge in [-0.1, -0.05) is 58.8 Å². The molecule has 0 spiro atoms. The summed E-state index contributed by atoms with van der Waals surface area (Å²) in [6, 6.07) is 0.107. The molecular weight excluding hydrogens is 420 g/mol. The van der Waals surface area contributed by atoms with E-state index in [1.54, 1.807) is 12.3 Å². The van der Waals surface area contributed by atoms with Gasteiger partial charge in [-0.25, -0.2) is 4.79 Å². The first-order valence-electron chi connectivity index (χ1n) is 12.2. The summed E-state index contributed by atoms with van der Waals surface area (Å²) in [6.45, 7) is 8.05. The number of amides is 2. The van der Waals surface area contributed by atoms with Gasteiger partial charge >= 0.3 is 6.09 Å². The fourth-order valence-corrected chi connectivity index (χ4v) is 3.58. The molecule has 0 heterocycles. The van der Waals surface area contributed by atoms with Gasteiger partial charge in [0, 0.05) is 18.5 Å². The van der Waals surface area contributed by atoms with Crippen molar-refractivity contribution in [1.29, 1.82) is 5.41 Å². The van der Waals surface area contributed by atoms with Crippen LogP contribution in [0.25, 0.3) is 0 Å². The summed E-state index contributed by atoms with van der Waals surface area (Å²) in [6.07, 6.45) is 14.2. The van der Waals surface area contributed by atoms with Gasteiger partial charge in [0.15, 0.2) is 0 Å². The van der Waals surface area contributed by atoms with Crippen molar-refractivity contribution < 1.29 is 19.1 Å². The van der Waals surface area contributed by atoms with E-state index in [2.05, 4.69) is 20.7 Å². The van der Waals surface area contributed by atoms with Gasteiger partial charge in [-0.15, -0.1) is 0 Å². The molecule has 8 nitrogen and oxygen atoms in total. The van der Waals surface area contributed by atoms with Crippen LogP contribution in [0.15, 0.2) is 23.7 Å². The number of alkyl carbamates (subject to hydrolysis) is 1. The van der Waals surface area contributed by atoms with Gasteiger partial charge in [0.2, 0.25) is 5.88 Å². The minimum absolute atomic E-state index is 0.107. The molecule has 188 valence electrons. The van der Waals surface area contributed by atoms with Crippen LogP contribution in [-0.4, -0.2) is 43.5 Å². The molecule has 33 heavy (non-hydrogen) atoms. The minimum atomic E-state index is -0.688. The summed E-state index contributed by atoms with van der Waals surface area (Å²) in [7, 11) is 1.31. The van der Waals surface area contributed by atoms with Gasteiger partial charge < -0.3 is 30.8 Å². The second kappa shape index (κ2) is 15.3. The van der Waals surface area contributed by atoms with Crippen molar-refractivity contribution in [3.8, 4) is 0 Å². The van der Waals surface area contributed by atoms with Crippen LogP contribution in [-0.2, 0) is 14.3 Å². The van der Waals surface area contributed by atoms with Gasteiger partial charge in [-0.05, 0) is 38.7 Å². The van der Waals surface area contributed by atoms with Crippen LogP contribution in [0.3, 0.4) is 0 Å². The van der Waals surface area contributed by atoms with Crippen molar-refractivity contribution in [3.63, 3.8) is 0 Å². The number of carbonyl (C=O) groups excluding carboxylic acids is 2. The Kier molecular flexibility index (Phi) is 13.3. The van der Waals surface area contributed by atoms with E-state index in [9.17, 15) is 9.59 Å². The third-order valence-electron chi connectivity index (χ3n) is 5.46. The number of hydrogen-bond donors (Lipinski definition) is 4. The summed E-state index contributed by atoms with van der Waals surface area (Å²) in [5.74, 6) is 0.163. The zero-order valence-corrected chi connectivity index (χ0v) is 21.1. The van der Waals surface area contributed by atoms with Crippen molar-refractivity contribution in [1.82, 2.24) is 16.0 Å². The maximum atomic E-state index is 13.1. The lowest BCUT2D eigenvalue weighted by atomic mass is 9.97. The topological polar surface area (TPSA) is 113 Å². The Hall–Kier alpha value is -2.51. The molecule has 0 aliphatic heterocycles. The number of carbonyl (C=O) groups is 2. The van der Waals surface area contributed by atoms with E-state index in [-0.39, 0.29) is 29.3 Å². The fraction of sp³-hybridized carbons (Fsp3) is 0.720. The molecule has 8 heteroatoms. The van der Waals surface area contributed by atoms with Gasteiger partial charge in [0.05, 0.1) is 19.3 Å². The Morgan fingerprint density at radius 1 is 1.06 bits per heavy atom. The van der Waals surface area contributed by atoms with E-state index in [0.717, 1.165) is 31.9 Å². The summed E-state index contributed by atoms with van der Waals surface area (Å²) in [4.78, 5) is 24.6.